The molecule has 2 atom stereocenters. The fourth-order valence-electron chi connectivity index (χ4n) is 2.02. The molecule has 0 bridgehead atoms. The van der Waals surface area contributed by atoms with Crippen molar-refractivity contribution in [3.63, 3.8) is 0 Å². The van der Waals surface area contributed by atoms with Gasteiger partial charge in [0.05, 0.1) is 17.1 Å². The smallest absolute Gasteiger partial charge is 0.326 e. The number of para-hydroxylation sites is 2. The fourth-order valence-corrected chi connectivity index (χ4v) is 2.02. The van der Waals surface area contributed by atoms with Crippen molar-refractivity contribution in [2.75, 3.05) is 0 Å². The van der Waals surface area contributed by atoms with Gasteiger partial charge in [0.2, 0.25) is 0 Å². The number of aliphatic carboxylic acids is 1. The number of carbonyl (C=O) groups is 1. The molecule has 96 valence electrons. The number of nitrogens with zero attached hydrogens (tertiary/aromatic N) is 2. The summed E-state index contributed by atoms with van der Waals surface area (Å²) >= 11 is 0. The molecule has 2 unspecified atom stereocenters. The first-order chi connectivity index (χ1) is 8.56. The number of aromatic nitrogens is 2. The van der Waals surface area contributed by atoms with E-state index in [-0.39, 0.29) is 6.04 Å². The van der Waals surface area contributed by atoms with E-state index >= 15 is 0 Å². The summed E-state index contributed by atoms with van der Waals surface area (Å²) in [6, 6.07) is 6.56. The summed E-state index contributed by atoms with van der Waals surface area (Å²) in [4.78, 5) is 15.7. The second-order valence-electron chi connectivity index (χ2n) is 4.36. The Bertz CT molecular complexity index is 577. The third kappa shape index (κ3) is 1.97. The van der Waals surface area contributed by atoms with Crippen LogP contribution in [0.25, 0.3) is 11.0 Å². The molecule has 0 saturated heterocycles. The minimum atomic E-state index is -0.886. The third-order valence-corrected chi connectivity index (χ3v) is 3.14. The maximum Gasteiger partial charge on any atom is 0.326 e. The molecule has 1 aromatic carbocycles. The molecule has 0 saturated carbocycles. The molecule has 2 rings (SSSR count). The molecule has 18 heavy (non-hydrogen) atoms. The maximum atomic E-state index is 11.2. The van der Waals surface area contributed by atoms with Crippen molar-refractivity contribution in [1.82, 2.24) is 9.55 Å². The second-order valence-corrected chi connectivity index (χ2v) is 4.36. The van der Waals surface area contributed by atoms with Crippen molar-refractivity contribution in [3.8, 4) is 0 Å². The van der Waals surface area contributed by atoms with Gasteiger partial charge >= 0.3 is 5.97 Å². The number of hydrogen-bond acceptors (Lipinski definition) is 3. The van der Waals surface area contributed by atoms with Gasteiger partial charge in [0.15, 0.2) is 0 Å². The first kappa shape index (κ1) is 12.6. The van der Waals surface area contributed by atoms with Gasteiger partial charge in [0.25, 0.3) is 0 Å². The van der Waals surface area contributed by atoms with Crippen molar-refractivity contribution in [2.24, 2.45) is 5.73 Å². The molecule has 3 N–H and O–H groups in total. The largest absolute Gasteiger partial charge is 0.480 e. The number of fused-ring (bicyclic) bond motifs is 1. The van der Waals surface area contributed by atoms with E-state index in [1.807, 2.05) is 31.2 Å². The van der Waals surface area contributed by atoms with Crippen LogP contribution in [0.1, 0.15) is 38.2 Å². The molecular weight excluding hydrogens is 230 g/mol. The van der Waals surface area contributed by atoms with Crippen LogP contribution in [0.5, 0.6) is 0 Å². The van der Waals surface area contributed by atoms with Crippen molar-refractivity contribution in [1.29, 1.82) is 0 Å². The Balaban J connectivity index is 2.68. The van der Waals surface area contributed by atoms with Gasteiger partial charge in [-0.25, -0.2) is 9.78 Å². The number of carboxylic acid groups (broad SMARTS) is 1. The van der Waals surface area contributed by atoms with E-state index in [2.05, 4.69) is 4.98 Å². The Morgan fingerprint density at radius 1 is 1.50 bits per heavy atom. The topological polar surface area (TPSA) is 81.1 Å². The highest BCUT2D eigenvalue weighted by Gasteiger charge is 2.23. The van der Waals surface area contributed by atoms with Crippen LogP contribution in [-0.4, -0.2) is 20.6 Å². The van der Waals surface area contributed by atoms with Crippen LogP contribution < -0.4 is 5.73 Å². The zero-order valence-electron chi connectivity index (χ0n) is 10.5. The van der Waals surface area contributed by atoms with E-state index in [0.29, 0.717) is 5.82 Å². The molecule has 0 fully saturated rings. The minimum absolute atomic E-state index is 0.251. The lowest BCUT2D eigenvalue weighted by Gasteiger charge is -2.16. The molecule has 0 radical (unpaired) electrons. The van der Waals surface area contributed by atoms with E-state index in [9.17, 15) is 9.90 Å². The molecule has 0 aliphatic rings. The van der Waals surface area contributed by atoms with Crippen LogP contribution in [0.2, 0.25) is 0 Å². The zero-order chi connectivity index (χ0) is 13.3. The van der Waals surface area contributed by atoms with Crippen LogP contribution in [0.4, 0.5) is 0 Å². The summed E-state index contributed by atoms with van der Waals surface area (Å²) in [5.41, 5.74) is 7.61. The minimum Gasteiger partial charge on any atom is -0.480 e. The quantitative estimate of drug-likeness (QED) is 0.866. The van der Waals surface area contributed by atoms with Gasteiger partial charge in [-0.1, -0.05) is 19.1 Å². The van der Waals surface area contributed by atoms with E-state index in [1.165, 1.54) is 0 Å². The van der Waals surface area contributed by atoms with Gasteiger partial charge in [-0.2, -0.15) is 0 Å². The number of hydrogen-bond donors (Lipinski definition) is 2. The normalized spacial score (nSPS) is 14.6. The Morgan fingerprint density at radius 2 is 2.17 bits per heavy atom. The first-order valence-corrected chi connectivity index (χ1v) is 6.01. The van der Waals surface area contributed by atoms with Crippen LogP contribution >= 0.6 is 0 Å². The molecule has 1 heterocycles. The Hall–Kier alpha value is -1.88. The van der Waals surface area contributed by atoms with Crippen LogP contribution in [-0.2, 0) is 4.79 Å². The monoisotopic (exact) mass is 247 g/mol. The Labute approximate surface area is 105 Å². The molecule has 0 aliphatic carbocycles. The number of carboxylic acids is 1. The van der Waals surface area contributed by atoms with Gasteiger partial charge in [0.1, 0.15) is 11.9 Å². The Kier molecular flexibility index (Phi) is 3.34. The van der Waals surface area contributed by atoms with Gasteiger partial charge < -0.3 is 15.4 Å². The van der Waals surface area contributed by atoms with Crippen molar-refractivity contribution < 1.29 is 9.90 Å². The van der Waals surface area contributed by atoms with Gasteiger partial charge in [-0.3, -0.25) is 0 Å². The van der Waals surface area contributed by atoms with Crippen LogP contribution in [0.3, 0.4) is 0 Å². The highest BCUT2D eigenvalue weighted by molar-refractivity contribution is 5.80. The predicted octanol–water partition coefficient (Wildman–Crippen LogP) is 2.09. The average molecular weight is 247 g/mol. The SMILES string of the molecule is CCC(N)c1nc2ccccc2n1C(C)C(=O)O. The zero-order valence-corrected chi connectivity index (χ0v) is 10.5. The predicted molar refractivity (Wildman–Crippen MR) is 69.3 cm³/mol. The summed E-state index contributed by atoms with van der Waals surface area (Å²) in [6.07, 6.45) is 0.718. The van der Waals surface area contributed by atoms with Gasteiger partial charge in [0, 0.05) is 0 Å². The van der Waals surface area contributed by atoms with Crippen molar-refractivity contribution >= 4 is 17.0 Å². The molecule has 0 aliphatic heterocycles. The van der Waals surface area contributed by atoms with E-state index < -0.39 is 12.0 Å². The number of benzene rings is 1. The van der Waals surface area contributed by atoms with Crippen molar-refractivity contribution in [3.05, 3.63) is 30.1 Å². The van der Waals surface area contributed by atoms with Crippen LogP contribution in [0.15, 0.2) is 24.3 Å². The summed E-state index contributed by atoms with van der Waals surface area (Å²) in [7, 11) is 0. The van der Waals surface area contributed by atoms with E-state index in [0.717, 1.165) is 17.5 Å². The summed E-state index contributed by atoms with van der Waals surface area (Å²) in [5, 5.41) is 9.20. The lowest BCUT2D eigenvalue weighted by Crippen LogP contribution is -2.22. The lowest BCUT2D eigenvalue weighted by molar-refractivity contribution is -0.140. The van der Waals surface area contributed by atoms with Gasteiger partial charge in [-0.15, -0.1) is 0 Å². The maximum absolute atomic E-state index is 11.2. The molecule has 5 heteroatoms. The standard InChI is InChI=1S/C13H17N3O2/c1-3-9(14)12-15-10-6-4-5-7-11(10)16(12)8(2)13(17)18/h4-9H,3,14H2,1-2H3,(H,17,18). The van der Waals surface area contributed by atoms with Gasteiger partial charge in [-0.05, 0) is 25.5 Å². The number of rotatable bonds is 4. The first-order valence-electron chi connectivity index (χ1n) is 6.01. The van der Waals surface area contributed by atoms with Crippen LogP contribution in [0, 0.1) is 0 Å². The molecule has 2 aromatic rings. The van der Waals surface area contributed by atoms with E-state index in [4.69, 9.17) is 5.73 Å². The highest BCUT2D eigenvalue weighted by Crippen LogP contribution is 2.25. The van der Waals surface area contributed by atoms with Crippen molar-refractivity contribution in [2.45, 2.75) is 32.4 Å². The number of imidazole rings is 1. The molecule has 1 aromatic heterocycles. The highest BCUT2D eigenvalue weighted by atomic mass is 16.4. The molecule has 5 nitrogen and oxygen atoms in total. The molecule has 0 amide bonds. The molecule has 0 spiro atoms. The molecular formula is C13H17N3O2. The summed E-state index contributed by atoms with van der Waals surface area (Å²) in [6.45, 7) is 3.60. The third-order valence-electron chi connectivity index (χ3n) is 3.14. The van der Waals surface area contributed by atoms with E-state index in [1.54, 1.807) is 11.5 Å². The number of nitrogens with two attached hydrogens (primary N) is 1. The summed E-state index contributed by atoms with van der Waals surface area (Å²) < 4.78 is 1.71. The summed E-state index contributed by atoms with van der Waals surface area (Å²) in [5.74, 6) is -0.253. The fraction of sp³-hybridized carbons (Fsp3) is 0.385. The average Bonchev–Trinajstić information content (AvgIpc) is 2.75. The lowest BCUT2D eigenvalue weighted by atomic mass is 10.2. The second kappa shape index (κ2) is 4.78. The Morgan fingerprint density at radius 3 is 2.78 bits per heavy atom.